The van der Waals surface area contributed by atoms with Crippen molar-refractivity contribution in [2.75, 3.05) is 0 Å². The largest absolute Gasteiger partial charge is 0.457 e. The summed E-state index contributed by atoms with van der Waals surface area (Å²) in [6, 6.07) is 18.4. The predicted octanol–water partition coefficient (Wildman–Crippen LogP) is 5.27. The summed E-state index contributed by atoms with van der Waals surface area (Å²) in [4.78, 5) is 11.8. The van der Waals surface area contributed by atoms with Crippen molar-refractivity contribution in [2.45, 2.75) is 0 Å². The summed E-state index contributed by atoms with van der Waals surface area (Å²) in [5, 5.41) is 0.624. The van der Waals surface area contributed by atoms with Gasteiger partial charge in [0.1, 0.15) is 17.3 Å². The van der Waals surface area contributed by atoms with Gasteiger partial charge in [-0.1, -0.05) is 41.9 Å². The molecule has 3 nitrogen and oxygen atoms in total. The number of carbonyl (C=O) groups excluding carboxylic acids is 1. The topological polar surface area (TPSA) is 39.4 Å². The molecule has 2 aromatic carbocycles. The fourth-order valence-corrected chi connectivity index (χ4v) is 2.79. The molecular weight excluding hydrogens is 312 g/mol. The van der Waals surface area contributed by atoms with Crippen molar-refractivity contribution in [3.63, 3.8) is 0 Å². The van der Waals surface area contributed by atoms with E-state index in [1.165, 1.54) is 0 Å². The molecule has 3 aromatic rings. The Morgan fingerprint density at radius 2 is 1.52 bits per heavy atom. The molecule has 1 aliphatic heterocycles. The second-order valence-electron chi connectivity index (χ2n) is 5.13. The Morgan fingerprint density at radius 1 is 0.826 bits per heavy atom. The average molecular weight is 323 g/mol. The monoisotopic (exact) mass is 322 g/mol. The summed E-state index contributed by atoms with van der Waals surface area (Å²) >= 11 is 6.18. The zero-order valence-corrected chi connectivity index (χ0v) is 12.7. The molecule has 0 atom stereocenters. The van der Waals surface area contributed by atoms with Gasteiger partial charge in [-0.05, 0) is 30.3 Å². The number of rotatable bonds is 2. The normalized spacial score (nSPS) is 14.8. The van der Waals surface area contributed by atoms with Crippen LogP contribution in [0, 0.1) is 0 Å². The van der Waals surface area contributed by atoms with Crippen LogP contribution in [0.3, 0.4) is 0 Å². The van der Waals surface area contributed by atoms with E-state index in [-0.39, 0.29) is 5.97 Å². The molecular formula is C19H11ClO3. The molecule has 23 heavy (non-hydrogen) atoms. The van der Waals surface area contributed by atoms with Crippen molar-refractivity contribution in [2.24, 2.45) is 0 Å². The summed E-state index contributed by atoms with van der Waals surface area (Å²) in [6.45, 7) is 0. The lowest BCUT2D eigenvalue weighted by Gasteiger charge is -1.99. The van der Waals surface area contributed by atoms with Crippen LogP contribution in [0.1, 0.15) is 21.7 Å². The van der Waals surface area contributed by atoms with Gasteiger partial charge in [0.05, 0.1) is 10.6 Å². The number of carbonyl (C=O) groups is 1. The summed E-state index contributed by atoms with van der Waals surface area (Å²) in [7, 11) is 0. The number of fused-ring (bicyclic) bond motifs is 1. The van der Waals surface area contributed by atoms with Crippen LogP contribution >= 0.6 is 11.6 Å². The lowest BCUT2D eigenvalue weighted by atomic mass is 10.1. The summed E-state index contributed by atoms with van der Waals surface area (Å²) in [5.74, 6) is 1.41. The maximum absolute atomic E-state index is 11.8. The molecule has 0 bridgehead atoms. The molecule has 0 radical (unpaired) electrons. The van der Waals surface area contributed by atoms with E-state index in [1.54, 1.807) is 12.1 Å². The molecule has 0 amide bonds. The molecule has 0 fully saturated rings. The van der Waals surface area contributed by atoms with Crippen molar-refractivity contribution >= 4 is 29.4 Å². The number of furan rings is 1. The second kappa shape index (κ2) is 5.45. The molecule has 4 rings (SSSR count). The molecule has 0 unspecified atom stereocenters. The predicted molar refractivity (Wildman–Crippen MR) is 88.9 cm³/mol. The number of halogens is 1. The SMILES string of the molecule is O=C1O/C(=C\c2ccc(-c3ccccc3Cl)o2)c2ccccc21. The lowest BCUT2D eigenvalue weighted by molar-refractivity contribution is 0.0717. The van der Waals surface area contributed by atoms with E-state index in [1.807, 2.05) is 54.6 Å². The van der Waals surface area contributed by atoms with Crippen LogP contribution in [0.2, 0.25) is 5.02 Å². The molecule has 0 aliphatic carbocycles. The fraction of sp³-hybridized carbons (Fsp3) is 0. The summed E-state index contributed by atoms with van der Waals surface area (Å²) in [5.41, 5.74) is 2.16. The number of ether oxygens (including phenoxy) is 1. The van der Waals surface area contributed by atoms with E-state index >= 15 is 0 Å². The third-order valence-corrected chi connectivity index (χ3v) is 3.98. The minimum atomic E-state index is -0.343. The Balaban J connectivity index is 1.72. The van der Waals surface area contributed by atoms with E-state index < -0.39 is 0 Å². The Hall–Kier alpha value is -2.78. The zero-order chi connectivity index (χ0) is 15.8. The van der Waals surface area contributed by atoms with Gasteiger partial charge in [0.25, 0.3) is 0 Å². The highest BCUT2D eigenvalue weighted by atomic mass is 35.5. The maximum atomic E-state index is 11.8. The third-order valence-electron chi connectivity index (χ3n) is 3.65. The molecule has 112 valence electrons. The van der Waals surface area contributed by atoms with Crippen LogP contribution in [-0.2, 0) is 4.74 Å². The number of hydrogen-bond acceptors (Lipinski definition) is 3. The number of cyclic esters (lactones) is 1. The second-order valence-corrected chi connectivity index (χ2v) is 5.53. The van der Waals surface area contributed by atoms with Gasteiger partial charge in [-0.2, -0.15) is 0 Å². The van der Waals surface area contributed by atoms with Crippen molar-refractivity contribution in [3.05, 3.63) is 82.6 Å². The number of benzene rings is 2. The van der Waals surface area contributed by atoms with Crippen LogP contribution in [0.25, 0.3) is 23.2 Å². The molecule has 1 aromatic heterocycles. The standard InChI is InChI=1S/C19H11ClO3/c20-16-8-4-3-7-15(16)17-10-9-12(22-17)11-18-13-5-1-2-6-14(13)19(21)23-18/h1-11H/b18-11-. The van der Waals surface area contributed by atoms with Crippen LogP contribution in [0.15, 0.2) is 65.1 Å². The number of hydrogen-bond donors (Lipinski definition) is 0. The van der Waals surface area contributed by atoms with Crippen molar-refractivity contribution in [1.82, 2.24) is 0 Å². The van der Waals surface area contributed by atoms with E-state index in [4.69, 9.17) is 20.8 Å². The summed E-state index contributed by atoms with van der Waals surface area (Å²) in [6.07, 6.45) is 1.71. The summed E-state index contributed by atoms with van der Waals surface area (Å²) < 4.78 is 11.1. The van der Waals surface area contributed by atoms with Gasteiger partial charge in [0, 0.05) is 17.2 Å². The van der Waals surface area contributed by atoms with E-state index in [0.29, 0.717) is 27.9 Å². The van der Waals surface area contributed by atoms with Gasteiger partial charge in [-0.25, -0.2) is 4.79 Å². The van der Waals surface area contributed by atoms with Crippen LogP contribution in [0.4, 0.5) is 0 Å². The molecule has 0 saturated heterocycles. The Bertz CT molecular complexity index is 937. The first-order valence-electron chi connectivity index (χ1n) is 7.10. The first kappa shape index (κ1) is 13.9. The Labute approximate surface area is 137 Å². The third kappa shape index (κ3) is 2.45. The van der Waals surface area contributed by atoms with Crippen molar-refractivity contribution in [1.29, 1.82) is 0 Å². The average Bonchev–Trinajstić information content (AvgIpc) is 3.14. The highest BCUT2D eigenvalue weighted by Crippen LogP contribution is 2.33. The van der Waals surface area contributed by atoms with Crippen LogP contribution in [-0.4, -0.2) is 5.97 Å². The molecule has 0 saturated carbocycles. The van der Waals surface area contributed by atoms with Crippen LogP contribution < -0.4 is 0 Å². The lowest BCUT2D eigenvalue weighted by Crippen LogP contribution is -1.92. The maximum Gasteiger partial charge on any atom is 0.344 e. The molecule has 2 heterocycles. The first-order valence-corrected chi connectivity index (χ1v) is 7.48. The minimum Gasteiger partial charge on any atom is -0.457 e. The minimum absolute atomic E-state index is 0.343. The highest BCUT2D eigenvalue weighted by molar-refractivity contribution is 6.33. The quantitative estimate of drug-likeness (QED) is 0.603. The molecule has 0 spiro atoms. The van der Waals surface area contributed by atoms with Gasteiger partial charge in [0.15, 0.2) is 0 Å². The molecule has 0 N–H and O–H groups in total. The first-order chi connectivity index (χ1) is 11.2. The fourth-order valence-electron chi connectivity index (χ4n) is 2.56. The van der Waals surface area contributed by atoms with Gasteiger partial charge >= 0.3 is 5.97 Å². The smallest absolute Gasteiger partial charge is 0.344 e. The zero-order valence-electron chi connectivity index (χ0n) is 12.0. The van der Waals surface area contributed by atoms with Gasteiger partial charge in [-0.15, -0.1) is 0 Å². The molecule has 4 heteroatoms. The van der Waals surface area contributed by atoms with E-state index in [0.717, 1.165) is 11.1 Å². The van der Waals surface area contributed by atoms with Crippen molar-refractivity contribution < 1.29 is 13.9 Å². The van der Waals surface area contributed by atoms with E-state index in [9.17, 15) is 4.79 Å². The number of esters is 1. The Kier molecular flexibility index (Phi) is 3.28. The van der Waals surface area contributed by atoms with Crippen LogP contribution in [0.5, 0.6) is 0 Å². The Morgan fingerprint density at radius 3 is 2.30 bits per heavy atom. The van der Waals surface area contributed by atoms with Crippen molar-refractivity contribution in [3.8, 4) is 11.3 Å². The van der Waals surface area contributed by atoms with Gasteiger partial charge < -0.3 is 9.15 Å². The van der Waals surface area contributed by atoms with E-state index in [2.05, 4.69) is 0 Å². The highest BCUT2D eigenvalue weighted by Gasteiger charge is 2.25. The molecule has 1 aliphatic rings. The van der Waals surface area contributed by atoms with Gasteiger partial charge in [-0.3, -0.25) is 0 Å². The van der Waals surface area contributed by atoms with Gasteiger partial charge in [0.2, 0.25) is 0 Å².